The third kappa shape index (κ3) is 2.71. The first-order valence-electron chi connectivity index (χ1n) is 13.9. The Labute approximate surface area is 211 Å². The summed E-state index contributed by atoms with van der Waals surface area (Å²) < 4.78 is 13.5. The van der Waals surface area contributed by atoms with Crippen molar-refractivity contribution in [3.8, 4) is 11.5 Å². The zero-order chi connectivity index (χ0) is 25.2. The third-order valence-electron chi connectivity index (χ3n) is 11.8. The van der Waals surface area contributed by atoms with Gasteiger partial charge in [0.25, 0.3) is 0 Å². The molecule has 5 nitrogen and oxygen atoms in total. The highest BCUT2D eigenvalue weighted by molar-refractivity contribution is 5.62. The molecule has 2 N–H and O–H groups in total. The fraction of sp³-hybridized carbons (Fsp3) is 0.800. The van der Waals surface area contributed by atoms with Crippen molar-refractivity contribution in [2.24, 2.45) is 22.7 Å². The number of methoxy groups -OCH3 is 1. The van der Waals surface area contributed by atoms with Gasteiger partial charge >= 0.3 is 0 Å². The largest absolute Gasteiger partial charge is 0.504 e. The maximum atomic E-state index is 12.2. The van der Waals surface area contributed by atoms with Gasteiger partial charge in [-0.2, -0.15) is 0 Å². The predicted molar refractivity (Wildman–Crippen MR) is 137 cm³/mol. The van der Waals surface area contributed by atoms with Gasteiger partial charge in [-0.25, -0.2) is 0 Å². The Hall–Kier alpha value is -1.30. The van der Waals surface area contributed by atoms with Crippen LogP contribution in [-0.4, -0.2) is 59.2 Å². The van der Waals surface area contributed by atoms with Crippen LogP contribution in [0.25, 0.3) is 0 Å². The summed E-state index contributed by atoms with van der Waals surface area (Å²) in [6.45, 7) is 11.9. The van der Waals surface area contributed by atoms with E-state index in [4.69, 9.17) is 9.47 Å². The molecule has 4 fully saturated rings. The molecular formula is C30H45NO4. The van der Waals surface area contributed by atoms with Crippen LogP contribution < -0.4 is 4.74 Å². The molecule has 1 unspecified atom stereocenters. The molecule has 0 radical (unpaired) electrons. The van der Waals surface area contributed by atoms with Gasteiger partial charge in [0.15, 0.2) is 11.5 Å². The van der Waals surface area contributed by atoms with Crippen LogP contribution in [0.4, 0.5) is 0 Å². The van der Waals surface area contributed by atoms with Gasteiger partial charge in [0.1, 0.15) is 11.7 Å². The number of phenolic OH excluding ortho intramolecular Hbond substituents is 1. The zero-order valence-corrected chi connectivity index (χ0v) is 22.8. The first kappa shape index (κ1) is 24.1. The van der Waals surface area contributed by atoms with E-state index in [1.165, 1.54) is 24.0 Å². The highest BCUT2D eigenvalue weighted by Crippen LogP contribution is 2.76. The summed E-state index contributed by atoms with van der Waals surface area (Å²) in [5.74, 6) is 1.69. The van der Waals surface area contributed by atoms with Gasteiger partial charge in [-0.3, -0.25) is 0 Å². The quantitative estimate of drug-likeness (QED) is 0.593. The van der Waals surface area contributed by atoms with Crippen LogP contribution >= 0.6 is 0 Å². The smallest absolute Gasteiger partial charge is 0.165 e. The highest BCUT2D eigenvalue weighted by Gasteiger charge is 2.81. The van der Waals surface area contributed by atoms with Gasteiger partial charge in [-0.15, -0.1) is 0 Å². The number of benzene rings is 1. The summed E-state index contributed by atoms with van der Waals surface area (Å²) in [5.41, 5.74) is 0.465. The van der Waals surface area contributed by atoms with Gasteiger partial charge < -0.3 is 24.6 Å². The zero-order valence-electron chi connectivity index (χ0n) is 22.8. The number of aromatic hydroxyl groups is 1. The number of rotatable bonds is 6. The van der Waals surface area contributed by atoms with Gasteiger partial charge in [0, 0.05) is 42.0 Å². The minimum Gasteiger partial charge on any atom is -0.504 e. The molecule has 1 aliphatic heterocycles. The fourth-order valence-corrected chi connectivity index (χ4v) is 9.40. The summed E-state index contributed by atoms with van der Waals surface area (Å²) in [6, 6.07) is 4.35. The minimum absolute atomic E-state index is 0.0394. The lowest BCUT2D eigenvalue weighted by Gasteiger charge is -2.73. The van der Waals surface area contributed by atoms with E-state index in [0.29, 0.717) is 11.8 Å². The molecule has 194 valence electrons. The van der Waals surface area contributed by atoms with E-state index in [1.807, 2.05) is 20.1 Å². The molecule has 1 spiro atoms. The Kier molecular flexibility index (Phi) is 4.93. The summed E-state index contributed by atoms with van der Waals surface area (Å²) >= 11 is 0. The van der Waals surface area contributed by atoms with Crippen molar-refractivity contribution in [3.05, 3.63) is 23.3 Å². The van der Waals surface area contributed by atoms with E-state index < -0.39 is 11.2 Å². The van der Waals surface area contributed by atoms with Crippen LogP contribution in [-0.2, 0) is 16.6 Å². The van der Waals surface area contributed by atoms with Gasteiger partial charge in [0.05, 0.1) is 5.60 Å². The molecular weight excluding hydrogens is 438 g/mol. The second-order valence-electron chi connectivity index (χ2n) is 13.8. The molecule has 6 aliphatic rings. The van der Waals surface area contributed by atoms with Crippen molar-refractivity contribution >= 4 is 0 Å². The van der Waals surface area contributed by atoms with Gasteiger partial charge in [-0.1, -0.05) is 33.8 Å². The van der Waals surface area contributed by atoms with Crippen LogP contribution in [0.2, 0.25) is 0 Å². The number of aliphatic hydroxyl groups is 1. The van der Waals surface area contributed by atoms with E-state index in [0.717, 1.165) is 44.6 Å². The van der Waals surface area contributed by atoms with Crippen LogP contribution in [0.3, 0.4) is 0 Å². The van der Waals surface area contributed by atoms with Crippen LogP contribution in [0.1, 0.15) is 84.3 Å². The molecule has 7 rings (SSSR count). The summed E-state index contributed by atoms with van der Waals surface area (Å²) in [5, 5.41) is 23.3. The first-order chi connectivity index (χ1) is 16.4. The second-order valence-corrected chi connectivity index (χ2v) is 13.8. The molecule has 5 aliphatic carbocycles. The Morgan fingerprint density at radius 1 is 1.17 bits per heavy atom. The number of ether oxygens (including phenoxy) is 2. The number of hydrogen-bond acceptors (Lipinski definition) is 5. The van der Waals surface area contributed by atoms with Crippen molar-refractivity contribution in [1.29, 1.82) is 0 Å². The molecule has 0 saturated heterocycles. The molecule has 7 atom stereocenters. The lowest BCUT2D eigenvalue weighted by molar-refractivity contribution is -0.303. The molecule has 35 heavy (non-hydrogen) atoms. The Bertz CT molecular complexity index is 1040. The number of phenols is 1. The number of fused-ring (bicyclic) bond motifs is 2. The standard InChI is InChI=1S/C30H45NO4/c1-8-29-23-19-11-12-20(32)24(23)35-25(29)30(34-7)14-13-28(29,16-21(30)27(5,33)26(2,3)4)22(15-19)31(6)17-18-9-10-18/h11-12,18,21-22,25,32-33H,8-10,13-17H2,1-7H3/t21-,22-,25-,27?,28-,29+,30+/m0/s1. The number of hydrogen-bond donors (Lipinski definition) is 2. The average Bonchev–Trinajstić information content (AvgIpc) is 3.54. The summed E-state index contributed by atoms with van der Waals surface area (Å²) in [4.78, 5) is 2.66. The average molecular weight is 484 g/mol. The molecule has 0 aromatic heterocycles. The van der Waals surface area contributed by atoms with Gasteiger partial charge in [0.2, 0.25) is 0 Å². The summed E-state index contributed by atoms with van der Waals surface area (Å²) in [7, 11) is 4.15. The third-order valence-corrected chi connectivity index (χ3v) is 11.8. The van der Waals surface area contributed by atoms with E-state index in [-0.39, 0.29) is 34.0 Å². The van der Waals surface area contributed by atoms with E-state index in [9.17, 15) is 10.2 Å². The van der Waals surface area contributed by atoms with E-state index in [2.05, 4.69) is 45.7 Å². The normalized spacial score (nSPS) is 41.0. The second kappa shape index (κ2) is 7.17. The number of nitrogens with zero attached hydrogens (tertiary/aromatic N) is 1. The number of likely N-dealkylation sites (N-methyl/N-ethyl adjacent to an activating group) is 1. The lowest BCUT2D eigenvalue weighted by atomic mass is 9.34. The first-order valence-corrected chi connectivity index (χ1v) is 13.9. The fourth-order valence-electron chi connectivity index (χ4n) is 9.40. The molecule has 5 heteroatoms. The summed E-state index contributed by atoms with van der Waals surface area (Å²) in [6.07, 6.45) is 7.27. The van der Waals surface area contributed by atoms with Crippen molar-refractivity contribution in [3.63, 3.8) is 0 Å². The lowest BCUT2D eigenvalue weighted by Crippen LogP contribution is -2.81. The van der Waals surface area contributed by atoms with Crippen molar-refractivity contribution < 1.29 is 19.7 Å². The maximum absolute atomic E-state index is 12.2. The van der Waals surface area contributed by atoms with Crippen LogP contribution in [0, 0.1) is 22.7 Å². The molecule has 1 aromatic carbocycles. The molecule has 2 bridgehead atoms. The topological polar surface area (TPSA) is 62.2 Å². The van der Waals surface area contributed by atoms with E-state index >= 15 is 0 Å². The SMILES string of the molecule is CC[C@@]12c3c4ccc(O)c3O[C@@H]1[C@@]1(OC)CC[C@]2(C[C@H]1C(C)(O)C(C)(C)C)[C@@H](N(C)CC1CC1)C4. The van der Waals surface area contributed by atoms with Gasteiger partial charge in [-0.05, 0) is 81.9 Å². The van der Waals surface area contributed by atoms with Crippen LogP contribution in [0.15, 0.2) is 12.1 Å². The Morgan fingerprint density at radius 2 is 1.89 bits per heavy atom. The Balaban J connectivity index is 1.61. The minimum atomic E-state index is -0.934. The predicted octanol–water partition coefficient (Wildman–Crippen LogP) is 5.05. The molecule has 1 heterocycles. The Morgan fingerprint density at radius 3 is 2.49 bits per heavy atom. The van der Waals surface area contributed by atoms with Crippen molar-refractivity contribution in [1.82, 2.24) is 4.90 Å². The monoisotopic (exact) mass is 483 g/mol. The molecule has 1 aromatic rings. The maximum Gasteiger partial charge on any atom is 0.165 e. The molecule has 0 amide bonds. The molecule has 4 saturated carbocycles. The highest BCUT2D eigenvalue weighted by atomic mass is 16.6. The van der Waals surface area contributed by atoms with Crippen molar-refractivity contribution in [2.45, 2.75) is 108 Å². The van der Waals surface area contributed by atoms with Crippen molar-refractivity contribution in [2.75, 3.05) is 20.7 Å². The van der Waals surface area contributed by atoms with Crippen LogP contribution in [0.5, 0.6) is 11.5 Å². The van der Waals surface area contributed by atoms with E-state index in [1.54, 1.807) is 0 Å².